The van der Waals surface area contributed by atoms with E-state index in [2.05, 4.69) is 4.74 Å². The molecule has 0 bridgehead atoms. The second-order valence-electron chi connectivity index (χ2n) is 3.16. The molecule has 0 saturated heterocycles. The average Bonchev–Trinajstić information content (AvgIpc) is 2.26. The number of ether oxygens (including phenoxy) is 1. The van der Waals surface area contributed by atoms with Crippen LogP contribution in [0, 0.1) is 0 Å². The van der Waals surface area contributed by atoms with Crippen molar-refractivity contribution >= 4 is 35.0 Å². The predicted octanol–water partition coefficient (Wildman–Crippen LogP) is 3.33. The summed E-state index contributed by atoms with van der Waals surface area (Å²) < 4.78 is 40.1. The summed E-state index contributed by atoms with van der Waals surface area (Å²) in [6.45, 7) is -0.352. The van der Waals surface area contributed by atoms with E-state index in [1.807, 2.05) is 0 Å². The number of anilines is 1. The number of halogens is 4. The highest BCUT2D eigenvalue weighted by molar-refractivity contribution is 8.00. The Balaban J connectivity index is 2.48. The van der Waals surface area contributed by atoms with Gasteiger partial charge in [0, 0.05) is 16.5 Å². The van der Waals surface area contributed by atoms with Gasteiger partial charge in [-0.3, -0.25) is 0 Å². The van der Waals surface area contributed by atoms with E-state index in [9.17, 15) is 18.0 Å². The number of esters is 1. The van der Waals surface area contributed by atoms with E-state index in [0.717, 1.165) is 0 Å². The topological polar surface area (TPSA) is 52.3 Å². The van der Waals surface area contributed by atoms with Crippen LogP contribution in [0.3, 0.4) is 0 Å². The van der Waals surface area contributed by atoms with E-state index in [-0.39, 0.29) is 35.4 Å². The van der Waals surface area contributed by atoms with Crippen molar-refractivity contribution in [2.45, 2.75) is 5.51 Å². The molecular formula is C10H9ClF3NO2S. The molecule has 0 aliphatic heterocycles. The maximum Gasteiger partial charge on any atom is 0.441 e. The van der Waals surface area contributed by atoms with Gasteiger partial charge < -0.3 is 10.5 Å². The number of carbonyl (C=O) groups is 1. The minimum Gasteiger partial charge on any atom is -0.461 e. The van der Waals surface area contributed by atoms with Gasteiger partial charge in [0.1, 0.15) is 6.61 Å². The molecule has 0 radical (unpaired) electrons. The van der Waals surface area contributed by atoms with Crippen molar-refractivity contribution in [3.63, 3.8) is 0 Å². The first-order valence-corrected chi connectivity index (χ1v) is 6.09. The number of carbonyl (C=O) groups excluding carboxylic acids is 1. The molecule has 0 aliphatic carbocycles. The second-order valence-corrected chi connectivity index (χ2v) is 4.76. The fraction of sp³-hybridized carbons (Fsp3) is 0.300. The Bertz CT molecular complexity index is 440. The SMILES string of the molecule is Nc1ccc(Cl)cc1C(=O)OCCSC(F)(F)F. The molecule has 1 rings (SSSR count). The smallest absolute Gasteiger partial charge is 0.441 e. The van der Waals surface area contributed by atoms with E-state index in [4.69, 9.17) is 17.3 Å². The van der Waals surface area contributed by atoms with Crippen LogP contribution in [0.2, 0.25) is 5.02 Å². The third-order valence-electron chi connectivity index (χ3n) is 1.82. The van der Waals surface area contributed by atoms with Crippen molar-refractivity contribution in [3.05, 3.63) is 28.8 Å². The Labute approximate surface area is 110 Å². The summed E-state index contributed by atoms with van der Waals surface area (Å²) in [5.74, 6) is -1.16. The third-order valence-corrected chi connectivity index (χ3v) is 2.75. The van der Waals surface area contributed by atoms with Crippen LogP contribution in [-0.2, 0) is 4.74 Å². The van der Waals surface area contributed by atoms with Crippen LogP contribution in [0.15, 0.2) is 18.2 Å². The van der Waals surface area contributed by atoms with Gasteiger partial charge >= 0.3 is 11.5 Å². The molecule has 1 aromatic carbocycles. The monoisotopic (exact) mass is 299 g/mol. The van der Waals surface area contributed by atoms with E-state index in [1.54, 1.807) is 0 Å². The average molecular weight is 300 g/mol. The van der Waals surface area contributed by atoms with E-state index < -0.39 is 11.5 Å². The molecule has 0 aromatic heterocycles. The van der Waals surface area contributed by atoms with Crippen molar-refractivity contribution in [1.82, 2.24) is 0 Å². The van der Waals surface area contributed by atoms with Crippen molar-refractivity contribution in [2.75, 3.05) is 18.1 Å². The van der Waals surface area contributed by atoms with Crippen LogP contribution in [0.1, 0.15) is 10.4 Å². The first-order chi connectivity index (χ1) is 8.29. The van der Waals surface area contributed by atoms with Crippen molar-refractivity contribution in [2.24, 2.45) is 0 Å². The Morgan fingerprint density at radius 3 is 2.72 bits per heavy atom. The molecule has 0 aliphatic rings. The number of alkyl halides is 3. The van der Waals surface area contributed by atoms with E-state index in [1.165, 1.54) is 18.2 Å². The highest BCUT2D eigenvalue weighted by Gasteiger charge is 2.27. The van der Waals surface area contributed by atoms with Gasteiger partial charge in [0.05, 0.1) is 5.56 Å². The van der Waals surface area contributed by atoms with Gasteiger partial charge in [-0.25, -0.2) is 4.79 Å². The summed E-state index contributed by atoms with van der Waals surface area (Å²) in [4.78, 5) is 11.5. The lowest BCUT2D eigenvalue weighted by molar-refractivity contribution is -0.0331. The van der Waals surface area contributed by atoms with Gasteiger partial charge in [0.25, 0.3) is 0 Å². The minimum absolute atomic E-state index is 0.0412. The summed E-state index contributed by atoms with van der Waals surface area (Å²) in [6, 6.07) is 4.21. The van der Waals surface area contributed by atoms with Crippen LogP contribution in [0.4, 0.5) is 18.9 Å². The Hall–Kier alpha value is -1.08. The Morgan fingerprint density at radius 2 is 2.11 bits per heavy atom. The molecule has 1 aromatic rings. The maximum atomic E-state index is 11.8. The summed E-state index contributed by atoms with van der Waals surface area (Å²) >= 11 is 5.41. The van der Waals surface area contributed by atoms with Crippen molar-refractivity contribution < 1.29 is 22.7 Å². The molecule has 18 heavy (non-hydrogen) atoms. The number of hydrogen-bond donors (Lipinski definition) is 1. The van der Waals surface area contributed by atoms with Crippen LogP contribution in [0.25, 0.3) is 0 Å². The molecule has 2 N–H and O–H groups in total. The highest BCUT2D eigenvalue weighted by atomic mass is 35.5. The molecule has 3 nitrogen and oxygen atoms in total. The van der Waals surface area contributed by atoms with Gasteiger partial charge in [-0.1, -0.05) is 11.6 Å². The van der Waals surface area contributed by atoms with Crippen LogP contribution in [0.5, 0.6) is 0 Å². The summed E-state index contributed by atoms with van der Waals surface area (Å²) in [5, 5.41) is 0.292. The number of hydrogen-bond acceptors (Lipinski definition) is 4. The normalized spacial score (nSPS) is 11.3. The molecule has 0 atom stereocenters. The Morgan fingerprint density at radius 1 is 1.44 bits per heavy atom. The highest BCUT2D eigenvalue weighted by Crippen LogP contribution is 2.29. The van der Waals surface area contributed by atoms with Crippen LogP contribution < -0.4 is 5.73 Å². The zero-order valence-corrected chi connectivity index (χ0v) is 10.5. The molecule has 0 fully saturated rings. The first-order valence-electron chi connectivity index (χ1n) is 4.72. The molecule has 0 saturated carbocycles. The summed E-state index contributed by atoms with van der Waals surface area (Å²) in [7, 11) is 0. The molecule has 100 valence electrons. The molecule has 0 heterocycles. The molecule has 0 spiro atoms. The van der Waals surface area contributed by atoms with Crippen LogP contribution >= 0.6 is 23.4 Å². The molecule has 0 amide bonds. The number of thioether (sulfide) groups is 1. The third kappa shape index (κ3) is 5.05. The number of rotatable bonds is 4. The second kappa shape index (κ2) is 6.19. The zero-order chi connectivity index (χ0) is 13.8. The largest absolute Gasteiger partial charge is 0.461 e. The quantitative estimate of drug-likeness (QED) is 0.526. The summed E-state index contributed by atoms with van der Waals surface area (Å²) in [5.41, 5.74) is 1.39. The maximum absolute atomic E-state index is 11.8. The summed E-state index contributed by atoms with van der Waals surface area (Å²) in [6.07, 6.45) is 0. The number of nitrogens with two attached hydrogens (primary N) is 1. The van der Waals surface area contributed by atoms with E-state index >= 15 is 0 Å². The van der Waals surface area contributed by atoms with Crippen molar-refractivity contribution in [1.29, 1.82) is 0 Å². The van der Waals surface area contributed by atoms with Gasteiger partial charge in [-0.05, 0) is 30.0 Å². The standard InChI is InChI=1S/C10H9ClF3NO2S/c11-6-1-2-8(15)7(5-6)9(16)17-3-4-18-10(12,13)14/h1-2,5H,3-4,15H2. The fourth-order valence-corrected chi connectivity index (χ4v) is 1.65. The minimum atomic E-state index is -4.33. The molecular weight excluding hydrogens is 291 g/mol. The number of nitrogen functional groups attached to an aromatic ring is 1. The van der Waals surface area contributed by atoms with Gasteiger partial charge in [-0.15, -0.1) is 0 Å². The zero-order valence-electron chi connectivity index (χ0n) is 8.96. The van der Waals surface area contributed by atoms with Gasteiger partial charge in [0.2, 0.25) is 0 Å². The first kappa shape index (κ1) is 15.0. The van der Waals surface area contributed by atoms with E-state index in [0.29, 0.717) is 5.02 Å². The predicted molar refractivity (Wildman–Crippen MR) is 64.7 cm³/mol. The van der Waals surface area contributed by atoms with Crippen LogP contribution in [-0.4, -0.2) is 23.8 Å². The number of benzene rings is 1. The van der Waals surface area contributed by atoms with Gasteiger partial charge in [0.15, 0.2) is 0 Å². The Kier molecular flexibility index (Phi) is 5.15. The lowest BCUT2D eigenvalue weighted by Crippen LogP contribution is -2.12. The molecule has 0 unspecified atom stereocenters. The lowest BCUT2D eigenvalue weighted by Gasteiger charge is -2.08. The fourth-order valence-electron chi connectivity index (χ4n) is 1.07. The molecule has 8 heteroatoms. The van der Waals surface area contributed by atoms with Crippen molar-refractivity contribution in [3.8, 4) is 0 Å². The lowest BCUT2D eigenvalue weighted by atomic mass is 10.2. The van der Waals surface area contributed by atoms with Gasteiger partial charge in [-0.2, -0.15) is 13.2 Å².